The summed E-state index contributed by atoms with van der Waals surface area (Å²) >= 11 is 0. The molecular weight excluding hydrogens is 474 g/mol. The van der Waals surface area contributed by atoms with Gasteiger partial charge in [0.05, 0.1) is 42.5 Å². The Labute approximate surface area is 221 Å². The lowest BCUT2D eigenvalue weighted by molar-refractivity contribution is 0.194. The zero-order chi connectivity index (χ0) is 26.2. The number of benzene rings is 3. The predicted molar refractivity (Wildman–Crippen MR) is 148 cm³/mol. The van der Waals surface area contributed by atoms with Gasteiger partial charge in [-0.05, 0) is 55.8 Å². The number of fused-ring (bicyclic) bond motifs is 3. The van der Waals surface area contributed by atoms with Crippen LogP contribution in [0.3, 0.4) is 0 Å². The average molecular weight is 504 g/mol. The fourth-order valence-corrected chi connectivity index (χ4v) is 5.18. The highest BCUT2D eigenvalue weighted by Gasteiger charge is 2.36. The molecular formula is C31H29N5O2. The van der Waals surface area contributed by atoms with Crippen LogP contribution in [0, 0.1) is 13.8 Å². The number of hydrogen-bond donors (Lipinski definition) is 1. The van der Waals surface area contributed by atoms with E-state index in [0.29, 0.717) is 18.0 Å². The number of para-hydroxylation sites is 3. The van der Waals surface area contributed by atoms with Gasteiger partial charge in [0.15, 0.2) is 0 Å². The van der Waals surface area contributed by atoms with E-state index in [4.69, 9.17) is 9.84 Å². The van der Waals surface area contributed by atoms with Gasteiger partial charge in [-0.3, -0.25) is 0 Å². The maximum atomic E-state index is 14.1. The maximum Gasteiger partial charge on any atom is 0.323 e. The number of carbonyl (C=O) groups is 1. The van der Waals surface area contributed by atoms with E-state index in [-0.39, 0.29) is 12.1 Å². The highest BCUT2D eigenvalue weighted by atomic mass is 16.5. The summed E-state index contributed by atoms with van der Waals surface area (Å²) in [5, 5.41) is 8.02. The molecule has 7 nitrogen and oxygen atoms in total. The Morgan fingerprint density at radius 1 is 0.921 bits per heavy atom. The third-order valence-electron chi connectivity index (χ3n) is 7.09. The van der Waals surface area contributed by atoms with Gasteiger partial charge >= 0.3 is 6.03 Å². The zero-order valence-electron chi connectivity index (χ0n) is 21.6. The lowest BCUT2D eigenvalue weighted by Gasteiger charge is -2.31. The standard InChI is InChI=1S/C31H29N5O2/c1-21-15-17-23(18-16-21)29-27-13-9-19-34(27)30-25(22(2)33-36(30)24-10-5-4-6-11-24)20-35(29)31(37)32-26-12-7-8-14-28(26)38-3/h4-19,29H,20H2,1-3H3,(H,32,37)/t29-/m1/s1. The topological polar surface area (TPSA) is 64.3 Å². The summed E-state index contributed by atoms with van der Waals surface area (Å²) in [6, 6.07) is 29.5. The van der Waals surface area contributed by atoms with E-state index >= 15 is 0 Å². The molecule has 0 fully saturated rings. The van der Waals surface area contributed by atoms with Crippen LogP contribution in [0.5, 0.6) is 5.75 Å². The van der Waals surface area contributed by atoms with Gasteiger partial charge in [-0.25, -0.2) is 9.48 Å². The highest BCUT2D eigenvalue weighted by molar-refractivity contribution is 5.91. The number of methoxy groups -OCH3 is 1. The van der Waals surface area contributed by atoms with E-state index < -0.39 is 0 Å². The Hall–Kier alpha value is -4.78. The van der Waals surface area contributed by atoms with Crippen LogP contribution in [-0.2, 0) is 6.54 Å². The molecule has 1 aliphatic heterocycles. The molecule has 0 saturated heterocycles. The highest BCUT2D eigenvalue weighted by Crippen LogP contribution is 2.39. The molecule has 1 aliphatic rings. The number of amides is 2. The van der Waals surface area contributed by atoms with Gasteiger partial charge in [-0.15, -0.1) is 0 Å². The van der Waals surface area contributed by atoms with Crippen molar-refractivity contribution in [1.82, 2.24) is 19.2 Å². The van der Waals surface area contributed by atoms with Crippen molar-refractivity contribution in [3.05, 3.63) is 125 Å². The molecule has 2 aromatic heterocycles. The Balaban J connectivity index is 1.53. The van der Waals surface area contributed by atoms with Gasteiger partial charge in [0.2, 0.25) is 0 Å². The van der Waals surface area contributed by atoms with Crippen molar-refractivity contribution in [1.29, 1.82) is 0 Å². The number of nitrogens with one attached hydrogen (secondary N) is 1. The number of ether oxygens (including phenoxy) is 1. The molecule has 7 heteroatoms. The molecule has 2 amide bonds. The van der Waals surface area contributed by atoms with E-state index in [2.05, 4.69) is 53.3 Å². The van der Waals surface area contributed by atoms with Crippen molar-refractivity contribution >= 4 is 11.7 Å². The van der Waals surface area contributed by atoms with Crippen molar-refractivity contribution in [3.8, 4) is 17.3 Å². The van der Waals surface area contributed by atoms with E-state index in [0.717, 1.165) is 34.0 Å². The van der Waals surface area contributed by atoms with Gasteiger partial charge in [0.25, 0.3) is 0 Å². The molecule has 6 rings (SSSR count). The Morgan fingerprint density at radius 3 is 2.42 bits per heavy atom. The van der Waals surface area contributed by atoms with Gasteiger partial charge in [-0.1, -0.05) is 60.2 Å². The monoisotopic (exact) mass is 503 g/mol. The smallest absolute Gasteiger partial charge is 0.323 e. The SMILES string of the molecule is COc1ccccc1NC(=O)N1Cc2c(C)nn(-c3ccccc3)c2-n2cccc2[C@H]1c1ccc(C)cc1. The number of aryl methyl sites for hydroxylation is 2. The lowest BCUT2D eigenvalue weighted by atomic mass is 10.0. The van der Waals surface area contributed by atoms with Crippen LogP contribution < -0.4 is 10.1 Å². The number of carbonyl (C=O) groups excluding carboxylic acids is 1. The molecule has 1 atom stereocenters. The molecule has 3 aromatic carbocycles. The first kappa shape index (κ1) is 23.6. The fourth-order valence-electron chi connectivity index (χ4n) is 5.18. The minimum atomic E-state index is -0.323. The van der Waals surface area contributed by atoms with Crippen LogP contribution in [0.25, 0.3) is 11.5 Å². The summed E-state index contributed by atoms with van der Waals surface area (Å²) in [7, 11) is 1.60. The van der Waals surface area contributed by atoms with Crippen LogP contribution >= 0.6 is 0 Å². The Morgan fingerprint density at radius 2 is 1.66 bits per heavy atom. The predicted octanol–water partition coefficient (Wildman–Crippen LogP) is 6.43. The summed E-state index contributed by atoms with van der Waals surface area (Å²) in [5.41, 5.74) is 6.66. The molecule has 3 heterocycles. The summed E-state index contributed by atoms with van der Waals surface area (Å²) < 4.78 is 9.65. The minimum absolute atomic E-state index is 0.215. The van der Waals surface area contributed by atoms with Crippen molar-refractivity contribution in [2.24, 2.45) is 0 Å². The molecule has 0 unspecified atom stereocenters. The quantitative estimate of drug-likeness (QED) is 0.308. The Bertz CT molecular complexity index is 1600. The van der Waals surface area contributed by atoms with Gasteiger partial charge in [0, 0.05) is 11.8 Å². The van der Waals surface area contributed by atoms with E-state index in [1.807, 2.05) is 77.2 Å². The van der Waals surface area contributed by atoms with Crippen molar-refractivity contribution in [2.75, 3.05) is 12.4 Å². The Kier molecular flexibility index (Phi) is 5.96. The molecule has 0 saturated carbocycles. The fraction of sp³-hybridized carbons (Fsp3) is 0.161. The van der Waals surface area contributed by atoms with Crippen LogP contribution in [-0.4, -0.2) is 32.4 Å². The van der Waals surface area contributed by atoms with E-state index in [1.54, 1.807) is 7.11 Å². The number of anilines is 1. The summed E-state index contributed by atoms with van der Waals surface area (Å²) in [4.78, 5) is 16.0. The first-order valence-electron chi connectivity index (χ1n) is 12.6. The molecule has 38 heavy (non-hydrogen) atoms. The third kappa shape index (κ3) is 4.02. The number of hydrogen-bond acceptors (Lipinski definition) is 3. The summed E-state index contributed by atoms with van der Waals surface area (Å²) in [5.74, 6) is 1.55. The molecule has 190 valence electrons. The van der Waals surface area contributed by atoms with Gasteiger partial charge in [-0.2, -0.15) is 5.10 Å². The third-order valence-corrected chi connectivity index (χ3v) is 7.09. The van der Waals surface area contributed by atoms with Crippen molar-refractivity contribution < 1.29 is 9.53 Å². The molecule has 5 aromatic rings. The summed E-state index contributed by atoms with van der Waals surface area (Å²) in [6.07, 6.45) is 2.05. The first-order valence-corrected chi connectivity index (χ1v) is 12.6. The number of urea groups is 1. The largest absolute Gasteiger partial charge is 0.495 e. The molecule has 0 spiro atoms. The summed E-state index contributed by atoms with van der Waals surface area (Å²) in [6.45, 7) is 4.46. The molecule has 1 N–H and O–H groups in total. The van der Waals surface area contributed by atoms with E-state index in [1.165, 1.54) is 5.56 Å². The normalized spacial score (nSPS) is 14.4. The number of rotatable bonds is 4. The minimum Gasteiger partial charge on any atom is -0.495 e. The first-order chi connectivity index (χ1) is 18.5. The molecule has 0 bridgehead atoms. The van der Waals surface area contributed by atoms with Crippen LogP contribution in [0.15, 0.2) is 97.2 Å². The van der Waals surface area contributed by atoms with Crippen LogP contribution in [0.2, 0.25) is 0 Å². The van der Waals surface area contributed by atoms with Crippen LogP contribution in [0.4, 0.5) is 10.5 Å². The second kappa shape index (κ2) is 9.59. The van der Waals surface area contributed by atoms with Gasteiger partial charge < -0.3 is 19.5 Å². The zero-order valence-corrected chi connectivity index (χ0v) is 21.6. The average Bonchev–Trinajstić information content (AvgIpc) is 3.50. The van der Waals surface area contributed by atoms with E-state index in [9.17, 15) is 4.79 Å². The maximum absolute atomic E-state index is 14.1. The van der Waals surface area contributed by atoms with Crippen LogP contribution in [0.1, 0.15) is 34.1 Å². The van der Waals surface area contributed by atoms with Crippen molar-refractivity contribution in [2.45, 2.75) is 26.4 Å². The second-order valence-electron chi connectivity index (χ2n) is 9.51. The number of nitrogens with zero attached hydrogens (tertiary/aromatic N) is 4. The number of aromatic nitrogens is 3. The molecule has 0 radical (unpaired) electrons. The second-order valence-corrected chi connectivity index (χ2v) is 9.51. The van der Waals surface area contributed by atoms with Crippen molar-refractivity contribution in [3.63, 3.8) is 0 Å². The lowest BCUT2D eigenvalue weighted by Crippen LogP contribution is -2.38. The molecule has 0 aliphatic carbocycles. The van der Waals surface area contributed by atoms with Gasteiger partial charge in [0.1, 0.15) is 11.6 Å².